The van der Waals surface area contributed by atoms with Crippen LogP contribution >= 0.6 is 0 Å². The standard InChI is InChI=1S/C18H17F4N5O/c1-11-4-2-3-5-12(11)9-26-7-6-15(25-26)23-16(28)10-27-14(18(21)22)8-13(24-27)17(19)20/h2-8,17-18H,9-10H2,1H3,(H,23,25,28). The molecule has 1 N–H and O–H groups in total. The van der Waals surface area contributed by atoms with Crippen molar-refractivity contribution in [2.24, 2.45) is 0 Å². The molecule has 0 aliphatic rings. The van der Waals surface area contributed by atoms with E-state index in [1.165, 1.54) is 0 Å². The van der Waals surface area contributed by atoms with E-state index in [9.17, 15) is 22.4 Å². The first-order valence-corrected chi connectivity index (χ1v) is 8.35. The topological polar surface area (TPSA) is 64.7 Å². The Morgan fingerprint density at radius 3 is 2.54 bits per heavy atom. The van der Waals surface area contributed by atoms with Gasteiger partial charge in [-0.05, 0) is 24.1 Å². The van der Waals surface area contributed by atoms with E-state index in [-0.39, 0.29) is 5.82 Å². The Labute approximate surface area is 157 Å². The Balaban J connectivity index is 1.66. The molecule has 0 atom stereocenters. The number of aromatic nitrogens is 4. The maximum absolute atomic E-state index is 13.0. The summed E-state index contributed by atoms with van der Waals surface area (Å²) in [4.78, 5) is 12.1. The quantitative estimate of drug-likeness (QED) is 0.616. The number of aryl methyl sites for hydroxylation is 1. The number of anilines is 1. The van der Waals surface area contributed by atoms with Crippen molar-refractivity contribution in [3.8, 4) is 0 Å². The van der Waals surface area contributed by atoms with Gasteiger partial charge < -0.3 is 5.32 Å². The number of carbonyl (C=O) groups excluding carboxylic acids is 1. The number of hydrogen-bond acceptors (Lipinski definition) is 3. The Morgan fingerprint density at radius 1 is 1.11 bits per heavy atom. The zero-order valence-corrected chi connectivity index (χ0v) is 14.8. The highest BCUT2D eigenvalue weighted by molar-refractivity contribution is 5.89. The van der Waals surface area contributed by atoms with Gasteiger partial charge in [0.05, 0.1) is 6.54 Å². The van der Waals surface area contributed by atoms with Gasteiger partial charge in [0.25, 0.3) is 12.9 Å². The zero-order valence-electron chi connectivity index (χ0n) is 14.8. The van der Waals surface area contributed by atoms with Crippen molar-refractivity contribution in [3.63, 3.8) is 0 Å². The van der Waals surface area contributed by atoms with Crippen LogP contribution in [0.5, 0.6) is 0 Å². The largest absolute Gasteiger partial charge is 0.308 e. The fraction of sp³-hybridized carbons (Fsp3) is 0.278. The molecule has 2 aromatic heterocycles. The number of rotatable bonds is 7. The van der Waals surface area contributed by atoms with Gasteiger partial charge in [-0.25, -0.2) is 17.6 Å². The van der Waals surface area contributed by atoms with Gasteiger partial charge in [-0.15, -0.1) is 0 Å². The molecule has 0 radical (unpaired) electrons. The predicted octanol–water partition coefficient (Wildman–Crippen LogP) is 3.95. The molecule has 1 amide bonds. The maximum Gasteiger partial charge on any atom is 0.282 e. The third kappa shape index (κ3) is 4.56. The van der Waals surface area contributed by atoms with Crippen molar-refractivity contribution < 1.29 is 22.4 Å². The highest BCUT2D eigenvalue weighted by Gasteiger charge is 2.22. The molecule has 10 heteroatoms. The molecule has 28 heavy (non-hydrogen) atoms. The van der Waals surface area contributed by atoms with Crippen molar-refractivity contribution in [2.45, 2.75) is 32.9 Å². The molecule has 0 spiro atoms. The molecular weight excluding hydrogens is 378 g/mol. The molecule has 3 aromatic rings. The van der Waals surface area contributed by atoms with Gasteiger partial charge in [0, 0.05) is 12.3 Å². The van der Waals surface area contributed by atoms with Gasteiger partial charge in [-0.2, -0.15) is 10.2 Å². The number of nitrogens with zero attached hydrogens (tertiary/aromatic N) is 4. The van der Waals surface area contributed by atoms with Crippen LogP contribution in [0.1, 0.15) is 35.4 Å². The fourth-order valence-electron chi connectivity index (χ4n) is 2.66. The molecule has 3 rings (SSSR count). The van der Waals surface area contributed by atoms with Crippen molar-refractivity contribution in [3.05, 3.63) is 65.1 Å². The lowest BCUT2D eigenvalue weighted by Gasteiger charge is -2.07. The second-order valence-corrected chi connectivity index (χ2v) is 6.13. The van der Waals surface area contributed by atoms with E-state index in [1.54, 1.807) is 16.9 Å². The van der Waals surface area contributed by atoms with E-state index < -0.39 is 36.7 Å². The third-order valence-corrected chi connectivity index (χ3v) is 4.07. The first-order valence-electron chi connectivity index (χ1n) is 8.35. The lowest BCUT2D eigenvalue weighted by Crippen LogP contribution is -2.21. The fourth-order valence-corrected chi connectivity index (χ4v) is 2.66. The molecule has 0 saturated heterocycles. The lowest BCUT2D eigenvalue weighted by atomic mass is 10.1. The average molecular weight is 395 g/mol. The number of hydrogen-bond donors (Lipinski definition) is 1. The van der Waals surface area contributed by atoms with Crippen LogP contribution in [0, 0.1) is 6.92 Å². The summed E-state index contributed by atoms with van der Waals surface area (Å²) in [6.07, 6.45) is -4.37. The molecule has 0 fully saturated rings. The Morgan fingerprint density at radius 2 is 1.86 bits per heavy atom. The number of amides is 1. The van der Waals surface area contributed by atoms with E-state index in [2.05, 4.69) is 15.5 Å². The highest BCUT2D eigenvalue weighted by Crippen LogP contribution is 2.25. The highest BCUT2D eigenvalue weighted by atomic mass is 19.3. The second kappa shape index (κ2) is 8.24. The summed E-state index contributed by atoms with van der Waals surface area (Å²) >= 11 is 0. The Hall–Kier alpha value is -3.17. The Kier molecular flexibility index (Phi) is 5.76. The monoisotopic (exact) mass is 395 g/mol. The van der Waals surface area contributed by atoms with Crippen molar-refractivity contribution in [1.29, 1.82) is 0 Å². The van der Waals surface area contributed by atoms with Crippen LogP contribution in [0.25, 0.3) is 0 Å². The van der Waals surface area contributed by atoms with Gasteiger partial charge >= 0.3 is 0 Å². The van der Waals surface area contributed by atoms with E-state index in [4.69, 9.17) is 0 Å². The van der Waals surface area contributed by atoms with Gasteiger partial charge in [0.1, 0.15) is 17.9 Å². The summed E-state index contributed by atoms with van der Waals surface area (Å²) < 4.78 is 53.5. The SMILES string of the molecule is Cc1ccccc1Cn1ccc(NC(=O)Cn2nc(C(F)F)cc2C(F)F)n1. The summed E-state index contributed by atoms with van der Waals surface area (Å²) in [6.45, 7) is 1.84. The normalized spacial score (nSPS) is 11.4. The van der Waals surface area contributed by atoms with Crippen molar-refractivity contribution in [1.82, 2.24) is 19.6 Å². The van der Waals surface area contributed by atoms with E-state index >= 15 is 0 Å². The van der Waals surface area contributed by atoms with Crippen LogP contribution in [0.3, 0.4) is 0 Å². The molecule has 0 aliphatic heterocycles. The number of benzene rings is 1. The summed E-state index contributed by atoms with van der Waals surface area (Å²) in [6, 6.07) is 9.92. The number of carbonyl (C=O) groups is 1. The van der Waals surface area contributed by atoms with Crippen LogP contribution in [0.4, 0.5) is 23.4 Å². The Bertz CT molecular complexity index is 967. The molecule has 0 unspecified atom stereocenters. The second-order valence-electron chi connectivity index (χ2n) is 6.13. The zero-order chi connectivity index (χ0) is 20.3. The molecule has 148 valence electrons. The predicted molar refractivity (Wildman–Crippen MR) is 93.3 cm³/mol. The number of alkyl halides is 4. The van der Waals surface area contributed by atoms with E-state index in [0.717, 1.165) is 11.1 Å². The number of halogens is 4. The van der Waals surface area contributed by atoms with Crippen molar-refractivity contribution >= 4 is 11.7 Å². The summed E-state index contributed by atoms with van der Waals surface area (Å²) in [5.41, 5.74) is 0.610. The molecule has 0 bridgehead atoms. The lowest BCUT2D eigenvalue weighted by molar-refractivity contribution is -0.117. The third-order valence-electron chi connectivity index (χ3n) is 4.07. The average Bonchev–Trinajstić information content (AvgIpc) is 3.24. The molecule has 1 aromatic carbocycles. The van der Waals surface area contributed by atoms with Crippen LogP contribution < -0.4 is 5.32 Å². The minimum absolute atomic E-state index is 0.221. The summed E-state index contributed by atoms with van der Waals surface area (Å²) in [5.74, 6) is -0.481. The maximum atomic E-state index is 13.0. The summed E-state index contributed by atoms with van der Waals surface area (Å²) in [7, 11) is 0. The number of nitrogens with one attached hydrogen (secondary N) is 1. The first kappa shape index (κ1) is 19.6. The van der Waals surface area contributed by atoms with Crippen LogP contribution in [0.2, 0.25) is 0 Å². The molecule has 0 aliphatic carbocycles. The summed E-state index contributed by atoms with van der Waals surface area (Å²) in [5, 5.41) is 10.0. The minimum atomic E-state index is -3.03. The van der Waals surface area contributed by atoms with Crippen LogP contribution in [-0.4, -0.2) is 25.5 Å². The first-order chi connectivity index (χ1) is 13.3. The van der Waals surface area contributed by atoms with E-state index in [0.29, 0.717) is 17.3 Å². The van der Waals surface area contributed by atoms with Gasteiger partial charge in [0.15, 0.2) is 5.82 Å². The molecule has 2 heterocycles. The molecular formula is C18H17F4N5O. The van der Waals surface area contributed by atoms with Gasteiger partial charge in [-0.1, -0.05) is 24.3 Å². The van der Waals surface area contributed by atoms with Gasteiger partial charge in [-0.3, -0.25) is 14.2 Å². The molecule has 0 saturated carbocycles. The van der Waals surface area contributed by atoms with Crippen molar-refractivity contribution in [2.75, 3.05) is 5.32 Å². The van der Waals surface area contributed by atoms with Crippen LogP contribution in [0.15, 0.2) is 42.6 Å². The smallest absolute Gasteiger partial charge is 0.282 e. The van der Waals surface area contributed by atoms with Crippen LogP contribution in [-0.2, 0) is 17.9 Å². The minimum Gasteiger partial charge on any atom is -0.308 e. The van der Waals surface area contributed by atoms with E-state index in [1.807, 2.05) is 31.2 Å². The van der Waals surface area contributed by atoms with Gasteiger partial charge in [0.2, 0.25) is 5.91 Å². The molecule has 6 nitrogen and oxygen atoms in total.